The lowest BCUT2D eigenvalue weighted by Gasteiger charge is -2.33. The van der Waals surface area contributed by atoms with Gasteiger partial charge in [-0.25, -0.2) is 0 Å². The number of carbonyl (C=O) groups excluding carboxylic acids is 2. The third-order valence-corrected chi connectivity index (χ3v) is 5.24. The van der Waals surface area contributed by atoms with E-state index in [1.807, 2.05) is 12.1 Å². The van der Waals surface area contributed by atoms with E-state index in [0.29, 0.717) is 23.6 Å². The van der Waals surface area contributed by atoms with Crippen molar-refractivity contribution >= 4 is 11.8 Å². The smallest absolute Gasteiger partial charge is 0.251 e. The molecule has 3 atom stereocenters. The number of ether oxygens (including phenoxy) is 1. The van der Waals surface area contributed by atoms with Crippen LogP contribution < -0.4 is 21.7 Å². The lowest BCUT2D eigenvalue weighted by atomic mass is 9.94. The molecule has 1 heterocycles. The lowest BCUT2D eigenvalue weighted by Crippen LogP contribution is -2.50. The number of hydrogen-bond donors (Lipinski definition) is 4. The highest BCUT2D eigenvalue weighted by molar-refractivity contribution is 5.96. The first-order valence-electron chi connectivity index (χ1n) is 9.33. The maximum Gasteiger partial charge on any atom is 0.251 e. The third-order valence-electron chi connectivity index (χ3n) is 5.24. The van der Waals surface area contributed by atoms with Crippen molar-refractivity contribution in [2.24, 2.45) is 11.7 Å². The van der Waals surface area contributed by atoms with E-state index < -0.39 is 5.91 Å². The molecule has 26 heavy (non-hydrogen) atoms. The van der Waals surface area contributed by atoms with Crippen molar-refractivity contribution in [2.45, 2.75) is 37.9 Å². The van der Waals surface area contributed by atoms with E-state index in [0.717, 1.165) is 31.9 Å². The summed E-state index contributed by atoms with van der Waals surface area (Å²) in [6, 6.07) is 8.37. The van der Waals surface area contributed by atoms with Crippen LogP contribution in [0.5, 0.6) is 0 Å². The van der Waals surface area contributed by atoms with Crippen molar-refractivity contribution in [1.82, 2.24) is 16.0 Å². The van der Waals surface area contributed by atoms with Crippen LogP contribution in [0.2, 0.25) is 0 Å². The van der Waals surface area contributed by atoms with Gasteiger partial charge in [-0.3, -0.25) is 9.59 Å². The van der Waals surface area contributed by atoms with Gasteiger partial charge in [0.2, 0.25) is 5.91 Å². The number of morpholine rings is 1. The molecule has 3 unspecified atom stereocenters. The van der Waals surface area contributed by atoms with Crippen molar-refractivity contribution in [3.8, 4) is 0 Å². The van der Waals surface area contributed by atoms with Crippen LogP contribution in [0.3, 0.4) is 0 Å². The standard InChI is InChI=1S/C19H28N4O3/c20-18(24)11-23-19(25)14-6-4-13(5-7-14)10-22-16-3-1-2-15(16)17-12-26-9-8-21-17/h4-7,15-17,21-22H,1-3,8-12H2,(H2,20,24)(H,23,25). The molecular formula is C19H28N4O3. The molecule has 1 saturated carbocycles. The molecule has 0 bridgehead atoms. The Kier molecular flexibility index (Phi) is 6.60. The van der Waals surface area contributed by atoms with Gasteiger partial charge in [0.05, 0.1) is 19.8 Å². The number of primary amides is 1. The molecule has 142 valence electrons. The minimum Gasteiger partial charge on any atom is -0.379 e. The van der Waals surface area contributed by atoms with E-state index in [4.69, 9.17) is 10.5 Å². The number of nitrogens with one attached hydrogen (secondary N) is 3. The summed E-state index contributed by atoms with van der Waals surface area (Å²) in [5.41, 5.74) is 6.69. The quantitative estimate of drug-likeness (QED) is 0.554. The van der Waals surface area contributed by atoms with E-state index in [1.165, 1.54) is 19.3 Å². The fraction of sp³-hybridized carbons (Fsp3) is 0.579. The van der Waals surface area contributed by atoms with Gasteiger partial charge in [0.15, 0.2) is 0 Å². The Balaban J connectivity index is 1.49. The van der Waals surface area contributed by atoms with Crippen molar-refractivity contribution in [3.63, 3.8) is 0 Å². The SMILES string of the molecule is NC(=O)CNC(=O)c1ccc(CNC2CCCC2C2COCCN2)cc1. The Labute approximate surface area is 154 Å². The Morgan fingerprint density at radius 1 is 1.23 bits per heavy atom. The number of carbonyl (C=O) groups is 2. The molecule has 1 aromatic carbocycles. The molecule has 7 heteroatoms. The van der Waals surface area contributed by atoms with Crippen LogP contribution >= 0.6 is 0 Å². The predicted molar refractivity (Wildman–Crippen MR) is 98.5 cm³/mol. The summed E-state index contributed by atoms with van der Waals surface area (Å²) in [6.45, 7) is 3.17. The summed E-state index contributed by atoms with van der Waals surface area (Å²) < 4.78 is 5.62. The summed E-state index contributed by atoms with van der Waals surface area (Å²) in [5.74, 6) is -0.236. The fourth-order valence-corrected chi connectivity index (χ4v) is 3.88. The summed E-state index contributed by atoms with van der Waals surface area (Å²) in [7, 11) is 0. The monoisotopic (exact) mass is 360 g/mol. The fourth-order valence-electron chi connectivity index (χ4n) is 3.88. The number of amides is 2. The molecular weight excluding hydrogens is 332 g/mol. The van der Waals surface area contributed by atoms with Crippen LogP contribution in [0, 0.1) is 5.92 Å². The van der Waals surface area contributed by atoms with Gasteiger partial charge >= 0.3 is 0 Å². The highest BCUT2D eigenvalue weighted by Crippen LogP contribution is 2.29. The van der Waals surface area contributed by atoms with Crippen molar-refractivity contribution < 1.29 is 14.3 Å². The third kappa shape index (κ3) is 5.03. The van der Waals surface area contributed by atoms with Crippen LogP contribution in [0.25, 0.3) is 0 Å². The highest BCUT2D eigenvalue weighted by atomic mass is 16.5. The zero-order valence-electron chi connectivity index (χ0n) is 15.0. The topological polar surface area (TPSA) is 105 Å². The van der Waals surface area contributed by atoms with Gasteiger partial charge in [-0.15, -0.1) is 0 Å². The highest BCUT2D eigenvalue weighted by Gasteiger charge is 2.34. The van der Waals surface area contributed by atoms with E-state index in [2.05, 4.69) is 16.0 Å². The zero-order chi connectivity index (χ0) is 18.4. The number of rotatable bonds is 7. The Hall–Kier alpha value is -1.96. The number of nitrogens with two attached hydrogens (primary N) is 1. The number of hydrogen-bond acceptors (Lipinski definition) is 5. The molecule has 7 nitrogen and oxygen atoms in total. The van der Waals surface area contributed by atoms with Crippen LogP contribution in [-0.4, -0.2) is 50.2 Å². The largest absolute Gasteiger partial charge is 0.379 e. The molecule has 1 saturated heterocycles. The van der Waals surface area contributed by atoms with Crippen LogP contribution in [0.4, 0.5) is 0 Å². The molecule has 2 aliphatic rings. The maximum absolute atomic E-state index is 11.9. The van der Waals surface area contributed by atoms with E-state index in [9.17, 15) is 9.59 Å². The Morgan fingerprint density at radius 3 is 2.73 bits per heavy atom. The molecule has 5 N–H and O–H groups in total. The molecule has 2 fully saturated rings. The minimum atomic E-state index is -0.553. The van der Waals surface area contributed by atoms with Crippen molar-refractivity contribution in [3.05, 3.63) is 35.4 Å². The van der Waals surface area contributed by atoms with E-state index in [1.54, 1.807) is 12.1 Å². The van der Waals surface area contributed by atoms with Crippen LogP contribution in [-0.2, 0) is 16.1 Å². The summed E-state index contributed by atoms with van der Waals surface area (Å²) in [4.78, 5) is 22.6. The molecule has 0 spiro atoms. The maximum atomic E-state index is 11.9. The molecule has 3 rings (SSSR count). The summed E-state index contributed by atoms with van der Waals surface area (Å²) in [6.07, 6.45) is 3.67. The van der Waals surface area contributed by atoms with E-state index in [-0.39, 0.29) is 12.5 Å². The Morgan fingerprint density at radius 2 is 2.04 bits per heavy atom. The van der Waals surface area contributed by atoms with Gasteiger partial charge in [-0.1, -0.05) is 18.6 Å². The van der Waals surface area contributed by atoms with Gasteiger partial charge in [0.1, 0.15) is 0 Å². The average Bonchev–Trinajstić information content (AvgIpc) is 3.14. The van der Waals surface area contributed by atoms with Gasteiger partial charge in [0, 0.05) is 30.7 Å². The molecule has 1 aliphatic heterocycles. The van der Waals surface area contributed by atoms with Gasteiger partial charge in [-0.2, -0.15) is 0 Å². The summed E-state index contributed by atoms with van der Waals surface area (Å²) in [5, 5.41) is 9.75. The van der Waals surface area contributed by atoms with Gasteiger partial charge in [0.25, 0.3) is 5.91 Å². The summed E-state index contributed by atoms with van der Waals surface area (Å²) >= 11 is 0. The van der Waals surface area contributed by atoms with Crippen LogP contribution in [0.1, 0.15) is 35.2 Å². The van der Waals surface area contributed by atoms with Gasteiger partial charge < -0.3 is 26.4 Å². The van der Waals surface area contributed by atoms with Gasteiger partial charge in [-0.05, 0) is 36.5 Å². The molecule has 0 radical (unpaired) electrons. The average molecular weight is 360 g/mol. The molecule has 1 aliphatic carbocycles. The van der Waals surface area contributed by atoms with Crippen molar-refractivity contribution in [2.75, 3.05) is 26.3 Å². The molecule has 2 amide bonds. The number of benzene rings is 1. The first-order valence-corrected chi connectivity index (χ1v) is 9.33. The minimum absolute atomic E-state index is 0.149. The second-order valence-electron chi connectivity index (χ2n) is 7.06. The second kappa shape index (κ2) is 9.12. The molecule has 0 aromatic heterocycles. The predicted octanol–water partition coefficient (Wildman–Crippen LogP) is 0.148. The van der Waals surface area contributed by atoms with Crippen molar-refractivity contribution in [1.29, 1.82) is 0 Å². The first kappa shape index (κ1) is 18.8. The first-order chi connectivity index (χ1) is 12.6. The lowest BCUT2D eigenvalue weighted by molar-refractivity contribution is -0.117. The molecule has 1 aromatic rings. The zero-order valence-corrected chi connectivity index (χ0v) is 15.0. The second-order valence-corrected chi connectivity index (χ2v) is 7.06. The van der Waals surface area contributed by atoms with E-state index >= 15 is 0 Å². The Bertz CT molecular complexity index is 614. The van der Waals surface area contributed by atoms with Crippen LogP contribution in [0.15, 0.2) is 24.3 Å². The normalized spacial score (nSPS) is 25.8.